The van der Waals surface area contributed by atoms with Gasteiger partial charge in [-0.1, -0.05) is 45.7 Å². The van der Waals surface area contributed by atoms with Gasteiger partial charge in [0, 0.05) is 42.1 Å². The van der Waals surface area contributed by atoms with Gasteiger partial charge in [-0.2, -0.15) is 0 Å². The molecule has 0 bridgehead atoms. The largest absolute Gasteiger partial charge is 0.342 e. The number of hydrogen-bond donors (Lipinski definition) is 1. The molecule has 0 aromatic heterocycles. The first-order valence-corrected chi connectivity index (χ1v) is 11.5. The van der Waals surface area contributed by atoms with Gasteiger partial charge in [-0.25, -0.2) is 0 Å². The van der Waals surface area contributed by atoms with E-state index >= 15 is 0 Å². The third-order valence-electron chi connectivity index (χ3n) is 5.91. The summed E-state index contributed by atoms with van der Waals surface area (Å²) in [5, 5.41) is 3.37. The Morgan fingerprint density at radius 1 is 1.03 bits per heavy atom. The van der Waals surface area contributed by atoms with Gasteiger partial charge in [-0.15, -0.1) is 0 Å². The Kier molecular flexibility index (Phi) is 6.62. The molecule has 4 rings (SSSR count). The minimum absolute atomic E-state index is 0.00148. The van der Waals surface area contributed by atoms with Crippen LogP contribution in [0.1, 0.15) is 19.3 Å². The second-order valence-electron chi connectivity index (χ2n) is 7.95. The Morgan fingerprint density at radius 2 is 1.74 bits per heavy atom. The summed E-state index contributed by atoms with van der Waals surface area (Å²) in [6.07, 6.45) is 1.42. The molecule has 2 aliphatic heterocycles. The van der Waals surface area contributed by atoms with Crippen molar-refractivity contribution in [3.05, 3.63) is 58.0 Å². The molecule has 1 unspecified atom stereocenters. The van der Waals surface area contributed by atoms with Gasteiger partial charge in [0.1, 0.15) is 0 Å². The molecule has 1 N–H and O–H groups in total. The van der Waals surface area contributed by atoms with Crippen LogP contribution in [0.2, 0.25) is 5.02 Å². The smallest absolute Gasteiger partial charge is 0.228 e. The summed E-state index contributed by atoms with van der Waals surface area (Å²) < 4.78 is 0.846. The number of nitrogens with zero attached hydrogens (tertiary/aromatic N) is 2. The molecule has 162 valence electrons. The number of amides is 3. The molecule has 3 amide bonds. The number of piperidine rings is 1. The van der Waals surface area contributed by atoms with Gasteiger partial charge >= 0.3 is 0 Å². The molecule has 6 nitrogen and oxygen atoms in total. The Bertz CT molecular complexity index is 993. The summed E-state index contributed by atoms with van der Waals surface area (Å²) in [6, 6.07) is 14.8. The number of halogens is 2. The van der Waals surface area contributed by atoms with Crippen molar-refractivity contribution >= 4 is 56.6 Å². The van der Waals surface area contributed by atoms with E-state index in [0.717, 1.165) is 10.2 Å². The van der Waals surface area contributed by atoms with Crippen molar-refractivity contribution in [1.29, 1.82) is 0 Å². The number of anilines is 2. The van der Waals surface area contributed by atoms with Crippen LogP contribution in [-0.4, -0.2) is 42.3 Å². The fourth-order valence-corrected chi connectivity index (χ4v) is 4.90. The highest BCUT2D eigenvalue weighted by Crippen LogP contribution is 2.29. The zero-order chi connectivity index (χ0) is 22.0. The molecular formula is C23H23BrClN3O3. The Balaban J connectivity index is 1.31. The predicted molar refractivity (Wildman–Crippen MR) is 124 cm³/mol. The van der Waals surface area contributed by atoms with Crippen LogP contribution in [0.4, 0.5) is 11.4 Å². The Hall–Kier alpha value is -2.38. The highest BCUT2D eigenvalue weighted by atomic mass is 79.9. The molecule has 2 aromatic carbocycles. The van der Waals surface area contributed by atoms with Crippen LogP contribution in [0, 0.1) is 11.8 Å². The third-order valence-corrected chi connectivity index (χ3v) is 6.71. The summed E-state index contributed by atoms with van der Waals surface area (Å²) in [6.45, 7) is 1.44. The number of para-hydroxylation sites is 1. The molecule has 31 heavy (non-hydrogen) atoms. The SMILES string of the molecule is O=C(Nc1ccc(Br)cc1Cl)C1CCN(C(=O)C2CC(=O)N(c3ccccc3)C2)CC1. The van der Waals surface area contributed by atoms with Crippen molar-refractivity contribution < 1.29 is 14.4 Å². The molecule has 2 fully saturated rings. The van der Waals surface area contributed by atoms with Gasteiger partial charge in [-0.3, -0.25) is 14.4 Å². The highest BCUT2D eigenvalue weighted by molar-refractivity contribution is 9.10. The van der Waals surface area contributed by atoms with Gasteiger partial charge in [0.15, 0.2) is 0 Å². The number of rotatable bonds is 4. The van der Waals surface area contributed by atoms with Gasteiger partial charge in [-0.05, 0) is 43.2 Å². The molecule has 2 aromatic rings. The summed E-state index contributed by atoms with van der Waals surface area (Å²) in [5.74, 6) is -0.608. The number of benzene rings is 2. The van der Waals surface area contributed by atoms with E-state index in [4.69, 9.17) is 11.6 Å². The number of carbonyl (C=O) groups is 3. The fourth-order valence-electron chi connectivity index (χ4n) is 4.18. The molecule has 8 heteroatoms. The third kappa shape index (κ3) is 4.93. The average Bonchev–Trinajstić information content (AvgIpc) is 3.17. The second kappa shape index (κ2) is 9.40. The standard InChI is InChI=1S/C23H23BrClN3O3/c24-17-6-7-20(19(25)13-17)26-22(30)15-8-10-27(11-9-15)23(31)16-12-21(29)28(14-16)18-4-2-1-3-5-18/h1-7,13,15-16H,8-12,14H2,(H,26,30). The maximum absolute atomic E-state index is 13.0. The summed E-state index contributed by atoms with van der Waals surface area (Å²) in [5.41, 5.74) is 1.41. The number of likely N-dealkylation sites (tertiary alicyclic amines) is 1. The topological polar surface area (TPSA) is 69.7 Å². The van der Waals surface area contributed by atoms with Crippen LogP contribution in [-0.2, 0) is 14.4 Å². The Labute approximate surface area is 194 Å². The minimum Gasteiger partial charge on any atom is -0.342 e. The van der Waals surface area contributed by atoms with E-state index < -0.39 is 0 Å². The van der Waals surface area contributed by atoms with Gasteiger partial charge in [0.25, 0.3) is 0 Å². The van der Waals surface area contributed by atoms with Crippen LogP contribution >= 0.6 is 27.5 Å². The lowest BCUT2D eigenvalue weighted by Gasteiger charge is -2.33. The van der Waals surface area contributed by atoms with Crippen LogP contribution in [0.3, 0.4) is 0 Å². The molecular weight excluding hydrogens is 482 g/mol. The quantitative estimate of drug-likeness (QED) is 0.674. The van der Waals surface area contributed by atoms with E-state index in [0.29, 0.717) is 43.2 Å². The zero-order valence-corrected chi connectivity index (χ0v) is 19.2. The van der Waals surface area contributed by atoms with Crippen molar-refractivity contribution in [2.75, 3.05) is 29.9 Å². The van der Waals surface area contributed by atoms with Crippen molar-refractivity contribution in [3.8, 4) is 0 Å². The monoisotopic (exact) mass is 503 g/mol. The van der Waals surface area contributed by atoms with Crippen LogP contribution in [0.15, 0.2) is 53.0 Å². The normalized spacial score (nSPS) is 19.5. The van der Waals surface area contributed by atoms with E-state index in [1.807, 2.05) is 36.4 Å². The van der Waals surface area contributed by atoms with E-state index in [1.165, 1.54) is 0 Å². The van der Waals surface area contributed by atoms with Crippen molar-refractivity contribution in [3.63, 3.8) is 0 Å². The Morgan fingerprint density at radius 3 is 2.42 bits per heavy atom. The summed E-state index contributed by atoms with van der Waals surface area (Å²) in [4.78, 5) is 41.5. The summed E-state index contributed by atoms with van der Waals surface area (Å²) >= 11 is 9.54. The number of carbonyl (C=O) groups excluding carboxylic acids is 3. The lowest BCUT2D eigenvalue weighted by molar-refractivity contribution is -0.138. The molecule has 2 heterocycles. The summed E-state index contributed by atoms with van der Waals surface area (Å²) in [7, 11) is 0. The lowest BCUT2D eigenvalue weighted by Crippen LogP contribution is -2.44. The van der Waals surface area contributed by atoms with Gasteiger partial charge < -0.3 is 15.1 Å². The lowest BCUT2D eigenvalue weighted by atomic mass is 9.94. The molecule has 0 spiro atoms. The first-order valence-electron chi connectivity index (χ1n) is 10.3. The first kappa shape index (κ1) is 21.8. The first-order chi connectivity index (χ1) is 14.9. The molecule has 2 aliphatic rings. The van der Waals surface area contributed by atoms with Crippen molar-refractivity contribution in [2.24, 2.45) is 11.8 Å². The van der Waals surface area contributed by atoms with E-state index in [1.54, 1.807) is 21.9 Å². The van der Waals surface area contributed by atoms with Crippen LogP contribution in [0.25, 0.3) is 0 Å². The van der Waals surface area contributed by atoms with E-state index in [9.17, 15) is 14.4 Å². The minimum atomic E-state index is -0.334. The van der Waals surface area contributed by atoms with Gasteiger partial charge in [0.2, 0.25) is 17.7 Å². The predicted octanol–water partition coefficient (Wildman–Crippen LogP) is 4.33. The molecule has 1 atom stereocenters. The molecule has 0 radical (unpaired) electrons. The maximum Gasteiger partial charge on any atom is 0.228 e. The number of hydrogen-bond acceptors (Lipinski definition) is 3. The molecule has 2 saturated heterocycles. The van der Waals surface area contributed by atoms with Crippen molar-refractivity contribution in [2.45, 2.75) is 19.3 Å². The molecule has 0 aliphatic carbocycles. The zero-order valence-electron chi connectivity index (χ0n) is 16.9. The van der Waals surface area contributed by atoms with Crippen LogP contribution in [0.5, 0.6) is 0 Å². The van der Waals surface area contributed by atoms with E-state index in [2.05, 4.69) is 21.2 Å². The molecule has 0 saturated carbocycles. The van der Waals surface area contributed by atoms with Crippen molar-refractivity contribution in [1.82, 2.24) is 4.90 Å². The van der Waals surface area contributed by atoms with E-state index in [-0.39, 0.29) is 36.0 Å². The average molecular weight is 505 g/mol. The number of nitrogens with one attached hydrogen (secondary N) is 1. The van der Waals surface area contributed by atoms with Gasteiger partial charge in [0.05, 0.1) is 16.6 Å². The van der Waals surface area contributed by atoms with Crippen LogP contribution < -0.4 is 10.2 Å². The maximum atomic E-state index is 13.0. The fraction of sp³-hybridized carbons (Fsp3) is 0.348. The second-order valence-corrected chi connectivity index (χ2v) is 9.28. The highest BCUT2D eigenvalue weighted by Gasteiger charge is 2.38.